The van der Waals surface area contributed by atoms with E-state index in [1.165, 1.54) is 0 Å². The van der Waals surface area contributed by atoms with Gasteiger partial charge in [0.15, 0.2) is 0 Å². The van der Waals surface area contributed by atoms with Crippen molar-refractivity contribution in [3.8, 4) is 17.1 Å². The minimum atomic E-state index is -0.416. The molecule has 0 bridgehead atoms. The number of rotatable bonds is 6. The van der Waals surface area contributed by atoms with E-state index in [-0.39, 0.29) is 17.7 Å². The van der Waals surface area contributed by atoms with Gasteiger partial charge in [0, 0.05) is 25.1 Å². The van der Waals surface area contributed by atoms with E-state index in [9.17, 15) is 9.59 Å². The number of hydrogen-bond donors (Lipinski definition) is 1. The summed E-state index contributed by atoms with van der Waals surface area (Å²) in [5.41, 5.74) is 0.771. The SMILES string of the molecule is CCC(=O)N1CCC(C(=O)NC(C)c2nc(-c3cccc(OC)c3)no2)C1. The first-order valence-corrected chi connectivity index (χ1v) is 9.08. The van der Waals surface area contributed by atoms with Gasteiger partial charge < -0.3 is 19.5 Å². The zero-order valence-electron chi connectivity index (χ0n) is 15.8. The predicted octanol–water partition coefficient (Wildman–Crippen LogP) is 2.18. The summed E-state index contributed by atoms with van der Waals surface area (Å²) in [5, 5.41) is 6.89. The number of likely N-dealkylation sites (tertiary alicyclic amines) is 1. The van der Waals surface area contributed by atoms with Crippen LogP contribution in [0.1, 0.15) is 38.6 Å². The van der Waals surface area contributed by atoms with Crippen LogP contribution in [0.15, 0.2) is 28.8 Å². The van der Waals surface area contributed by atoms with Crippen LogP contribution in [-0.4, -0.2) is 47.1 Å². The van der Waals surface area contributed by atoms with Crippen LogP contribution in [0.3, 0.4) is 0 Å². The van der Waals surface area contributed by atoms with Crippen LogP contribution < -0.4 is 10.1 Å². The molecule has 144 valence electrons. The van der Waals surface area contributed by atoms with Gasteiger partial charge in [-0.05, 0) is 25.5 Å². The molecule has 1 aromatic carbocycles. The number of ether oxygens (including phenoxy) is 1. The lowest BCUT2D eigenvalue weighted by Crippen LogP contribution is -2.35. The molecule has 1 saturated heterocycles. The van der Waals surface area contributed by atoms with Gasteiger partial charge in [-0.15, -0.1) is 0 Å². The highest BCUT2D eigenvalue weighted by Gasteiger charge is 2.31. The van der Waals surface area contributed by atoms with Crippen LogP contribution >= 0.6 is 0 Å². The molecule has 1 aliphatic rings. The average Bonchev–Trinajstić information content (AvgIpc) is 3.37. The van der Waals surface area contributed by atoms with Crippen LogP contribution in [0.4, 0.5) is 0 Å². The second-order valence-electron chi connectivity index (χ2n) is 6.60. The molecule has 27 heavy (non-hydrogen) atoms. The van der Waals surface area contributed by atoms with Crippen LogP contribution in [0.25, 0.3) is 11.4 Å². The molecule has 0 spiro atoms. The highest BCUT2D eigenvalue weighted by Crippen LogP contribution is 2.23. The van der Waals surface area contributed by atoms with Crippen LogP contribution in [-0.2, 0) is 9.59 Å². The molecule has 2 amide bonds. The minimum Gasteiger partial charge on any atom is -0.497 e. The van der Waals surface area contributed by atoms with E-state index in [1.807, 2.05) is 31.2 Å². The number of hydrogen-bond acceptors (Lipinski definition) is 6. The zero-order valence-corrected chi connectivity index (χ0v) is 15.8. The van der Waals surface area contributed by atoms with Crippen molar-refractivity contribution in [1.82, 2.24) is 20.4 Å². The van der Waals surface area contributed by atoms with Gasteiger partial charge in [-0.3, -0.25) is 9.59 Å². The number of carbonyl (C=O) groups is 2. The number of amides is 2. The quantitative estimate of drug-likeness (QED) is 0.835. The molecule has 3 rings (SSSR count). The van der Waals surface area contributed by atoms with Crippen LogP contribution in [0.5, 0.6) is 5.75 Å². The van der Waals surface area contributed by atoms with Gasteiger partial charge in [-0.2, -0.15) is 4.98 Å². The number of benzene rings is 1. The van der Waals surface area contributed by atoms with Crippen molar-refractivity contribution in [1.29, 1.82) is 0 Å². The van der Waals surface area contributed by atoms with Crippen molar-refractivity contribution in [3.63, 3.8) is 0 Å². The van der Waals surface area contributed by atoms with Crippen molar-refractivity contribution in [3.05, 3.63) is 30.2 Å². The largest absolute Gasteiger partial charge is 0.497 e. The van der Waals surface area contributed by atoms with E-state index in [0.29, 0.717) is 43.4 Å². The first-order chi connectivity index (χ1) is 13.0. The zero-order chi connectivity index (χ0) is 19.4. The fourth-order valence-electron chi connectivity index (χ4n) is 3.11. The summed E-state index contributed by atoms with van der Waals surface area (Å²) in [7, 11) is 1.59. The molecule has 1 fully saturated rings. The first-order valence-electron chi connectivity index (χ1n) is 9.08. The number of nitrogens with one attached hydrogen (secondary N) is 1. The van der Waals surface area contributed by atoms with E-state index in [0.717, 1.165) is 5.56 Å². The van der Waals surface area contributed by atoms with Gasteiger partial charge in [-0.25, -0.2) is 0 Å². The van der Waals surface area contributed by atoms with Gasteiger partial charge in [0.1, 0.15) is 11.8 Å². The summed E-state index contributed by atoms with van der Waals surface area (Å²) >= 11 is 0. The van der Waals surface area contributed by atoms with Crippen molar-refractivity contribution in [2.75, 3.05) is 20.2 Å². The third-order valence-corrected chi connectivity index (χ3v) is 4.71. The highest BCUT2D eigenvalue weighted by molar-refractivity contribution is 5.82. The maximum atomic E-state index is 12.5. The molecule has 8 heteroatoms. The molecule has 0 radical (unpaired) electrons. The maximum Gasteiger partial charge on any atom is 0.249 e. The van der Waals surface area contributed by atoms with Gasteiger partial charge >= 0.3 is 0 Å². The van der Waals surface area contributed by atoms with E-state index in [2.05, 4.69) is 15.5 Å². The average molecular weight is 372 g/mol. The van der Waals surface area contributed by atoms with Gasteiger partial charge in [0.2, 0.25) is 23.5 Å². The molecule has 2 aromatic rings. The van der Waals surface area contributed by atoms with Crippen molar-refractivity contribution in [2.24, 2.45) is 5.92 Å². The summed E-state index contributed by atoms with van der Waals surface area (Å²) in [6, 6.07) is 6.94. The van der Waals surface area contributed by atoms with Crippen molar-refractivity contribution < 1.29 is 18.8 Å². The van der Waals surface area contributed by atoms with Crippen LogP contribution in [0, 0.1) is 5.92 Å². The number of carbonyl (C=O) groups excluding carboxylic acids is 2. The molecular formula is C19H24N4O4. The number of aromatic nitrogens is 2. The topological polar surface area (TPSA) is 97.6 Å². The van der Waals surface area contributed by atoms with E-state index >= 15 is 0 Å². The molecule has 1 aliphatic heterocycles. The van der Waals surface area contributed by atoms with Crippen molar-refractivity contribution in [2.45, 2.75) is 32.7 Å². The molecule has 1 aromatic heterocycles. The van der Waals surface area contributed by atoms with Gasteiger partial charge in [0.25, 0.3) is 0 Å². The molecule has 2 unspecified atom stereocenters. The standard InChI is InChI=1S/C19H24N4O4/c1-4-16(24)23-9-8-14(11-23)18(25)20-12(2)19-21-17(22-27-19)13-6-5-7-15(10-13)26-3/h5-7,10,12,14H,4,8-9,11H2,1-3H3,(H,20,25). The number of methoxy groups -OCH3 is 1. The maximum absolute atomic E-state index is 12.5. The van der Waals surface area contributed by atoms with E-state index < -0.39 is 6.04 Å². The fraction of sp³-hybridized carbons (Fsp3) is 0.474. The summed E-state index contributed by atoms with van der Waals surface area (Å²) in [5.74, 6) is 1.25. The minimum absolute atomic E-state index is 0.0816. The lowest BCUT2D eigenvalue weighted by atomic mass is 10.1. The second kappa shape index (κ2) is 8.20. The Balaban J connectivity index is 1.62. The third-order valence-electron chi connectivity index (χ3n) is 4.71. The Morgan fingerprint density at radius 3 is 3.00 bits per heavy atom. The summed E-state index contributed by atoms with van der Waals surface area (Å²) < 4.78 is 10.5. The second-order valence-corrected chi connectivity index (χ2v) is 6.60. The van der Waals surface area contributed by atoms with E-state index in [4.69, 9.17) is 9.26 Å². The lowest BCUT2D eigenvalue weighted by Gasteiger charge is -2.16. The Labute approximate surface area is 157 Å². The molecular weight excluding hydrogens is 348 g/mol. The number of nitrogens with zero attached hydrogens (tertiary/aromatic N) is 3. The summed E-state index contributed by atoms with van der Waals surface area (Å²) in [6.45, 7) is 4.71. The van der Waals surface area contributed by atoms with E-state index in [1.54, 1.807) is 18.9 Å². The van der Waals surface area contributed by atoms with Crippen LogP contribution in [0.2, 0.25) is 0 Å². The molecule has 8 nitrogen and oxygen atoms in total. The highest BCUT2D eigenvalue weighted by atomic mass is 16.5. The Morgan fingerprint density at radius 2 is 2.26 bits per heavy atom. The lowest BCUT2D eigenvalue weighted by molar-refractivity contribution is -0.130. The summed E-state index contributed by atoms with van der Waals surface area (Å²) in [6.07, 6.45) is 1.13. The smallest absolute Gasteiger partial charge is 0.249 e. The Hall–Kier alpha value is -2.90. The Kier molecular flexibility index (Phi) is 5.73. The normalized spacial score (nSPS) is 17.6. The van der Waals surface area contributed by atoms with Crippen molar-refractivity contribution >= 4 is 11.8 Å². The predicted molar refractivity (Wildman–Crippen MR) is 97.8 cm³/mol. The molecule has 0 aliphatic carbocycles. The monoisotopic (exact) mass is 372 g/mol. The summed E-state index contributed by atoms with van der Waals surface area (Å²) in [4.78, 5) is 30.4. The van der Waals surface area contributed by atoms with Gasteiger partial charge in [0.05, 0.1) is 13.0 Å². The first kappa shape index (κ1) is 18.9. The third kappa shape index (κ3) is 4.27. The Morgan fingerprint density at radius 1 is 1.44 bits per heavy atom. The molecule has 2 heterocycles. The molecule has 2 atom stereocenters. The Bertz CT molecular complexity index is 820. The molecule has 1 N–H and O–H groups in total. The molecule has 0 saturated carbocycles. The van der Waals surface area contributed by atoms with Gasteiger partial charge in [-0.1, -0.05) is 24.2 Å². The fourth-order valence-corrected chi connectivity index (χ4v) is 3.11.